The molecule has 0 unspecified atom stereocenters. The van der Waals surface area contributed by atoms with Gasteiger partial charge in [-0.05, 0) is 63.6 Å². The van der Waals surface area contributed by atoms with Crippen LogP contribution in [0.25, 0.3) is 4.78 Å². The number of nitrogens with one attached hydrogen (secondary N) is 1. The molecule has 0 spiro atoms. The first-order valence-corrected chi connectivity index (χ1v) is 8.44. The van der Waals surface area contributed by atoms with E-state index in [1.807, 2.05) is 0 Å². The molecule has 6 N–H and O–H groups in total. The summed E-state index contributed by atoms with van der Waals surface area (Å²) in [7, 11) is 0. The average Bonchev–Trinajstić information content (AvgIpc) is 3.14. The van der Waals surface area contributed by atoms with Crippen LogP contribution in [0.15, 0.2) is 0 Å². The van der Waals surface area contributed by atoms with E-state index in [1.54, 1.807) is 0 Å². The molecule has 0 aromatic carbocycles. The van der Waals surface area contributed by atoms with E-state index in [9.17, 15) is 9.59 Å². The maximum atomic E-state index is 10.9. The number of amides is 1. The van der Waals surface area contributed by atoms with Gasteiger partial charge in [0.25, 0.3) is 0 Å². The maximum Gasteiger partial charge on any atom is 1.00 e. The largest absolute Gasteiger partial charge is 1.00 e. The molecule has 12 heteroatoms. The predicted molar refractivity (Wildman–Crippen MR) is 99.0 cm³/mol. The fraction of sp³-hybridized carbons (Fsp3) is 0.769. The van der Waals surface area contributed by atoms with Gasteiger partial charge in [0.15, 0.2) is 5.11 Å². The van der Waals surface area contributed by atoms with Gasteiger partial charge in [-0.15, -0.1) is 0 Å². The minimum atomic E-state index is -0.665. The molecule has 0 aromatic rings. The smallest absolute Gasteiger partial charge is 0.742 e. The number of hydrogen-bond acceptors (Lipinski definition) is 7. The third kappa shape index (κ3) is 17.7. The van der Waals surface area contributed by atoms with Crippen LogP contribution in [0.2, 0.25) is 0 Å². The van der Waals surface area contributed by atoms with Crippen molar-refractivity contribution in [3.05, 3.63) is 4.78 Å². The Kier molecular flexibility index (Phi) is 23.4. The summed E-state index contributed by atoms with van der Waals surface area (Å²) in [5.74, 6) is 0. The van der Waals surface area contributed by atoms with Gasteiger partial charge in [-0.2, -0.15) is 0 Å². The molecule has 0 atom stereocenters. The molecular weight excluding hydrogens is 415 g/mol. The summed E-state index contributed by atoms with van der Waals surface area (Å²) in [6.45, 7) is 0. The molecule has 0 saturated heterocycles. The van der Waals surface area contributed by atoms with Crippen LogP contribution in [-0.2, 0) is 21.9 Å². The normalized spacial score (nSPS) is 15.7. The molecule has 0 radical (unpaired) electrons. The SMILES string of the molecule is N.NC(=S)NC(=O)OC1CCCC1.O=C(Cl)OC1CCCC1.[K+].[N-]=S. The van der Waals surface area contributed by atoms with Crippen molar-refractivity contribution in [1.82, 2.24) is 11.5 Å². The zero-order valence-electron chi connectivity index (χ0n) is 14.4. The van der Waals surface area contributed by atoms with E-state index in [0.29, 0.717) is 0 Å². The van der Waals surface area contributed by atoms with Crippen LogP contribution in [0.4, 0.5) is 9.59 Å². The molecule has 2 fully saturated rings. The second-order valence-electron chi connectivity index (χ2n) is 5.06. The van der Waals surface area contributed by atoms with Gasteiger partial charge >= 0.3 is 62.9 Å². The third-order valence-electron chi connectivity index (χ3n) is 3.36. The van der Waals surface area contributed by atoms with Crippen molar-refractivity contribution < 1.29 is 70.4 Å². The summed E-state index contributed by atoms with van der Waals surface area (Å²) < 4.78 is 16.3. The minimum Gasteiger partial charge on any atom is -0.742 e. The van der Waals surface area contributed by atoms with Crippen molar-refractivity contribution in [2.75, 3.05) is 0 Å². The first kappa shape index (κ1) is 30.3. The standard InChI is InChI=1S/C7H12N2O2S.C6H9ClO2.K.NS.H3N/c8-6(12)9-7(10)11-5-3-1-2-4-5;7-6(8)9-5-3-1-2-4-5;;1-2;/h5H,1-4H2,(H3,8,9,10,12);5H,1-4H2;;;1H3/q;;+1;-1;. The van der Waals surface area contributed by atoms with Gasteiger partial charge in [0.05, 0.1) is 0 Å². The maximum absolute atomic E-state index is 10.9. The fourth-order valence-electron chi connectivity index (χ4n) is 2.42. The van der Waals surface area contributed by atoms with Gasteiger partial charge in [-0.1, -0.05) is 0 Å². The van der Waals surface area contributed by atoms with Crippen molar-refractivity contribution in [1.29, 1.82) is 0 Å². The monoisotopic (exact) mass is 438 g/mol. The number of alkyl carbamates (subject to hydrolysis) is 1. The van der Waals surface area contributed by atoms with Crippen LogP contribution in [0.5, 0.6) is 0 Å². The summed E-state index contributed by atoms with van der Waals surface area (Å²) in [6, 6.07) is 0. The molecule has 8 nitrogen and oxygen atoms in total. The summed E-state index contributed by atoms with van der Waals surface area (Å²) in [4.78, 5) is 21.1. The zero-order chi connectivity index (χ0) is 17.7. The van der Waals surface area contributed by atoms with E-state index in [0.717, 1.165) is 51.4 Å². The van der Waals surface area contributed by atoms with Crippen LogP contribution >= 0.6 is 23.8 Å². The molecule has 0 heterocycles. The van der Waals surface area contributed by atoms with E-state index < -0.39 is 11.5 Å². The Morgan fingerprint density at radius 3 is 1.68 bits per heavy atom. The molecule has 1 amide bonds. The second kappa shape index (κ2) is 19.3. The van der Waals surface area contributed by atoms with Crippen molar-refractivity contribution in [3.63, 3.8) is 0 Å². The van der Waals surface area contributed by atoms with Gasteiger partial charge in [-0.25, -0.2) is 9.59 Å². The van der Waals surface area contributed by atoms with E-state index >= 15 is 0 Å². The molecule has 140 valence electrons. The number of thiocarbonyl (C=S) groups is 1. The van der Waals surface area contributed by atoms with Crippen molar-refractivity contribution in [3.8, 4) is 0 Å². The third-order valence-corrected chi connectivity index (χ3v) is 3.55. The van der Waals surface area contributed by atoms with E-state index in [1.165, 1.54) is 0 Å². The number of halogens is 1. The van der Waals surface area contributed by atoms with Gasteiger partial charge in [0.1, 0.15) is 12.2 Å². The number of rotatable bonds is 2. The Labute approximate surface area is 206 Å². The number of carbonyl (C=O) groups excluding carboxylic acids is 2. The van der Waals surface area contributed by atoms with Crippen molar-refractivity contribution in [2.24, 2.45) is 5.73 Å². The topological polar surface area (TPSA) is 148 Å². The minimum absolute atomic E-state index is 0. The summed E-state index contributed by atoms with van der Waals surface area (Å²) in [5.41, 5.74) is 4.42. The number of ether oxygens (including phenoxy) is 2. The first-order chi connectivity index (χ1) is 11.0. The van der Waals surface area contributed by atoms with E-state index in [2.05, 4.69) is 30.0 Å². The fourth-order valence-corrected chi connectivity index (χ4v) is 2.63. The van der Waals surface area contributed by atoms with Crippen LogP contribution in [0.3, 0.4) is 0 Å². The van der Waals surface area contributed by atoms with E-state index in [4.69, 9.17) is 31.6 Å². The Bertz CT molecular complexity index is 398. The number of carbonyl (C=O) groups is 2. The summed E-state index contributed by atoms with van der Waals surface area (Å²) >= 11 is 12.6. The Balaban J connectivity index is -0.000000336. The van der Waals surface area contributed by atoms with Crippen LogP contribution < -0.4 is 68.6 Å². The Morgan fingerprint density at radius 2 is 1.36 bits per heavy atom. The van der Waals surface area contributed by atoms with Crippen LogP contribution in [0, 0.1) is 0 Å². The molecule has 0 bridgehead atoms. The second-order valence-corrected chi connectivity index (χ2v) is 5.81. The Morgan fingerprint density at radius 1 is 1.00 bits per heavy atom. The molecule has 2 saturated carbocycles. The first-order valence-electron chi connectivity index (χ1n) is 7.29. The van der Waals surface area contributed by atoms with Crippen molar-refractivity contribution >= 4 is 52.9 Å². The summed E-state index contributed by atoms with van der Waals surface area (Å²) in [6.07, 6.45) is 8.08. The molecule has 25 heavy (non-hydrogen) atoms. The van der Waals surface area contributed by atoms with Crippen LogP contribution in [0.1, 0.15) is 51.4 Å². The molecule has 2 aliphatic rings. The van der Waals surface area contributed by atoms with Crippen LogP contribution in [-0.4, -0.2) is 28.8 Å². The number of nitrogens with zero attached hydrogens (tertiary/aromatic N) is 1. The Hall–Kier alpha value is 0.536. The molecule has 2 rings (SSSR count). The molecule has 2 aliphatic carbocycles. The van der Waals surface area contributed by atoms with E-state index in [-0.39, 0.29) is 74.9 Å². The molecule has 0 aromatic heterocycles. The average molecular weight is 439 g/mol. The number of hydrogen-bond donors (Lipinski definition) is 3. The van der Waals surface area contributed by atoms with Gasteiger partial charge in [-0.3, -0.25) is 17.7 Å². The molecule has 0 aliphatic heterocycles. The predicted octanol–water partition coefficient (Wildman–Crippen LogP) is 0.655. The van der Waals surface area contributed by atoms with Crippen molar-refractivity contribution in [2.45, 2.75) is 63.6 Å². The number of nitrogens with two attached hydrogens (primary N) is 1. The zero-order valence-corrected chi connectivity index (χ0v) is 19.9. The van der Waals surface area contributed by atoms with Gasteiger partial charge < -0.3 is 26.1 Å². The van der Waals surface area contributed by atoms with Gasteiger partial charge in [0, 0.05) is 11.6 Å². The molecular formula is C13H24ClKN4O4S2. The quantitative estimate of drug-likeness (QED) is 0.323. The summed E-state index contributed by atoms with van der Waals surface area (Å²) in [5, 5.41) is 2.17. The van der Waals surface area contributed by atoms with Gasteiger partial charge in [0.2, 0.25) is 0 Å².